The van der Waals surface area contributed by atoms with Crippen LogP contribution in [0.4, 0.5) is 23.1 Å². The second-order valence-corrected chi connectivity index (χ2v) is 9.29. The van der Waals surface area contributed by atoms with Crippen LogP contribution < -0.4 is 10.2 Å². The molecular formula is C20H26N6O2. The van der Waals surface area contributed by atoms with Crippen LogP contribution >= 0.6 is 0 Å². The average Bonchev–Trinajstić information content (AvgIpc) is 2.85. The van der Waals surface area contributed by atoms with Crippen LogP contribution in [0.1, 0.15) is 45.6 Å². The quantitative estimate of drug-likeness (QED) is 0.624. The van der Waals surface area contributed by atoms with Gasteiger partial charge in [-0.3, -0.25) is 10.1 Å². The van der Waals surface area contributed by atoms with E-state index in [0.717, 1.165) is 31.4 Å². The summed E-state index contributed by atoms with van der Waals surface area (Å²) < 4.78 is 0. The highest BCUT2D eigenvalue weighted by atomic mass is 16.6. The number of nitrogens with one attached hydrogen (secondary N) is 1. The predicted octanol–water partition coefficient (Wildman–Crippen LogP) is 4.24. The lowest BCUT2D eigenvalue weighted by Crippen LogP contribution is -2.35. The fourth-order valence-corrected chi connectivity index (χ4v) is 5.28. The molecule has 1 saturated carbocycles. The van der Waals surface area contributed by atoms with Crippen LogP contribution in [0.3, 0.4) is 0 Å². The number of nitrogens with zero attached hydrogens (tertiary/aromatic N) is 5. The van der Waals surface area contributed by atoms with Gasteiger partial charge >= 0.3 is 5.69 Å². The largest absolute Gasteiger partial charge is 0.353 e. The summed E-state index contributed by atoms with van der Waals surface area (Å²) in [6.07, 6.45) is 6.21. The minimum atomic E-state index is -0.383. The van der Waals surface area contributed by atoms with Crippen molar-refractivity contribution in [2.45, 2.75) is 53.0 Å². The van der Waals surface area contributed by atoms with E-state index in [2.05, 4.69) is 45.9 Å². The molecule has 1 aliphatic heterocycles. The van der Waals surface area contributed by atoms with Crippen molar-refractivity contribution in [1.82, 2.24) is 15.0 Å². The maximum atomic E-state index is 12.0. The summed E-state index contributed by atoms with van der Waals surface area (Å²) in [5, 5.41) is 15.1. The highest BCUT2D eigenvalue weighted by Gasteiger charge is 2.51. The molecule has 0 aromatic carbocycles. The van der Waals surface area contributed by atoms with Crippen molar-refractivity contribution in [2.24, 2.45) is 10.8 Å². The number of hydrogen-bond donors (Lipinski definition) is 1. The zero-order chi connectivity index (χ0) is 20.1. The molecule has 2 bridgehead atoms. The standard InChI is InChI=1S/C20H26N6O2/c1-13-6-5-7-21-16(13)24-17-15(26(27)28)18(23-12-22-17)25-11-20(4)9-14(25)8-19(2,3)10-20/h5-7,12,14H,8-11H2,1-4H3,(H,21,22,23,24). The summed E-state index contributed by atoms with van der Waals surface area (Å²) in [6.45, 7) is 9.53. The Kier molecular flexibility index (Phi) is 4.24. The van der Waals surface area contributed by atoms with Crippen LogP contribution in [0.15, 0.2) is 24.7 Å². The van der Waals surface area contributed by atoms with E-state index in [9.17, 15) is 10.1 Å². The molecule has 4 rings (SSSR count). The third-order valence-electron chi connectivity index (χ3n) is 5.92. The molecule has 148 valence electrons. The summed E-state index contributed by atoms with van der Waals surface area (Å²) >= 11 is 0. The third kappa shape index (κ3) is 3.27. The highest BCUT2D eigenvalue weighted by molar-refractivity contribution is 5.74. The van der Waals surface area contributed by atoms with E-state index < -0.39 is 0 Å². The molecule has 1 N–H and O–H groups in total. The van der Waals surface area contributed by atoms with Gasteiger partial charge in [-0.1, -0.05) is 26.8 Å². The number of aryl methyl sites for hydroxylation is 1. The van der Waals surface area contributed by atoms with Gasteiger partial charge in [-0.05, 0) is 48.6 Å². The van der Waals surface area contributed by atoms with Crippen molar-refractivity contribution in [1.29, 1.82) is 0 Å². The van der Waals surface area contributed by atoms with Crippen molar-refractivity contribution < 1.29 is 4.92 Å². The Balaban J connectivity index is 1.75. The van der Waals surface area contributed by atoms with Crippen LogP contribution in [0.2, 0.25) is 0 Å². The summed E-state index contributed by atoms with van der Waals surface area (Å²) in [5.74, 6) is 1.15. The normalized spacial score (nSPS) is 25.6. The zero-order valence-electron chi connectivity index (χ0n) is 16.8. The van der Waals surface area contributed by atoms with Gasteiger partial charge in [-0.25, -0.2) is 15.0 Å². The molecule has 0 spiro atoms. The van der Waals surface area contributed by atoms with Crippen molar-refractivity contribution in [3.05, 3.63) is 40.3 Å². The fourth-order valence-electron chi connectivity index (χ4n) is 5.28. The Bertz CT molecular complexity index is 931. The molecule has 2 aromatic rings. The van der Waals surface area contributed by atoms with E-state index in [4.69, 9.17) is 0 Å². The van der Waals surface area contributed by atoms with Gasteiger partial charge in [-0.15, -0.1) is 0 Å². The minimum absolute atomic E-state index is 0.0819. The molecule has 0 radical (unpaired) electrons. The minimum Gasteiger partial charge on any atom is -0.347 e. The number of aromatic nitrogens is 3. The van der Waals surface area contributed by atoms with Gasteiger partial charge in [0.25, 0.3) is 0 Å². The lowest BCUT2D eigenvalue weighted by atomic mass is 9.65. The van der Waals surface area contributed by atoms with E-state index in [0.29, 0.717) is 11.6 Å². The molecule has 2 fully saturated rings. The Hall–Kier alpha value is -2.77. The molecule has 2 atom stereocenters. The van der Waals surface area contributed by atoms with Gasteiger partial charge in [-0.2, -0.15) is 0 Å². The van der Waals surface area contributed by atoms with E-state index in [-0.39, 0.29) is 33.3 Å². The molecule has 8 nitrogen and oxygen atoms in total. The van der Waals surface area contributed by atoms with Crippen LogP contribution in [0, 0.1) is 27.9 Å². The van der Waals surface area contributed by atoms with Gasteiger partial charge in [0, 0.05) is 18.8 Å². The molecule has 2 unspecified atom stereocenters. The Morgan fingerprint density at radius 3 is 2.71 bits per heavy atom. The first-order valence-corrected chi connectivity index (χ1v) is 9.62. The SMILES string of the molecule is Cc1cccnc1Nc1ncnc(N2CC3(C)CC2CC(C)(C)C3)c1[N+](=O)[O-]. The molecular weight excluding hydrogens is 356 g/mol. The number of rotatable bonds is 4. The molecule has 1 saturated heterocycles. The van der Waals surface area contributed by atoms with Crippen molar-refractivity contribution in [2.75, 3.05) is 16.8 Å². The lowest BCUT2D eigenvalue weighted by molar-refractivity contribution is -0.383. The third-order valence-corrected chi connectivity index (χ3v) is 5.92. The molecule has 0 amide bonds. The van der Waals surface area contributed by atoms with Crippen LogP contribution in [0.25, 0.3) is 0 Å². The summed E-state index contributed by atoms with van der Waals surface area (Å²) in [7, 11) is 0. The maximum Gasteiger partial charge on any atom is 0.353 e. The van der Waals surface area contributed by atoms with Gasteiger partial charge in [0.15, 0.2) is 0 Å². The number of hydrogen-bond acceptors (Lipinski definition) is 7. The molecule has 3 heterocycles. The number of anilines is 3. The van der Waals surface area contributed by atoms with Gasteiger partial charge in [0.2, 0.25) is 11.6 Å². The Morgan fingerprint density at radius 2 is 2.00 bits per heavy atom. The molecule has 1 aliphatic carbocycles. The van der Waals surface area contributed by atoms with Gasteiger partial charge < -0.3 is 10.2 Å². The van der Waals surface area contributed by atoms with Crippen LogP contribution in [-0.4, -0.2) is 32.5 Å². The molecule has 2 aromatic heterocycles. The van der Waals surface area contributed by atoms with Gasteiger partial charge in [0.05, 0.1) is 4.92 Å². The number of pyridine rings is 1. The smallest absolute Gasteiger partial charge is 0.347 e. The average molecular weight is 382 g/mol. The zero-order valence-corrected chi connectivity index (χ0v) is 16.8. The maximum absolute atomic E-state index is 12.0. The molecule has 2 aliphatic rings. The van der Waals surface area contributed by atoms with Gasteiger partial charge in [0.1, 0.15) is 12.1 Å². The number of nitro groups is 1. The van der Waals surface area contributed by atoms with Crippen LogP contribution in [0.5, 0.6) is 0 Å². The summed E-state index contributed by atoms with van der Waals surface area (Å²) in [6, 6.07) is 3.98. The van der Waals surface area contributed by atoms with E-state index >= 15 is 0 Å². The Morgan fingerprint density at radius 1 is 1.21 bits per heavy atom. The Labute approximate surface area is 164 Å². The summed E-state index contributed by atoms with van der Waals surface area (Å²) in [5.41, 5.74) is 1.18. The summed E-state index contributed by atoms with van der Waals surface area (Å²) in [4.78, 5) is 26.6. The second kappa shape index (κ2) is 6.39. The lowest BCUT2D eigenvalue weighted by Gasteiger charge is -2.39. The molecule has 8 heteroatoms. The van der Waals surface area contributed by atoms with Crippen molar-refractivity contribution in [3.63, 3.8) is 0 Å². The van der Waals surface area contributed by atoms with E-state index in [1.165, 1.54) is 6.33 Å². The van der Waals surface area contributed by atoms with Crippen molar-refractivity contribution >= 4 is 23.1 Å². The second-order valence-electron chi connectivity index (χ2n) is 9.29. The first-order chi connectivity index (χ1) is 13.2. The monoisotopic (exact) mass is 382 g/mol. The van der Waals surface area contributed by atoms with E-state index in [1.54, 1.807) is 6.20 Å². The van der Waals surface area contributed by atoms with Crippen LogP contribution in [-0.2, 0) is 0 Å². The van der Waals surface area contributed by atoms with E-state index in [1.807, 2.05) is 19.1 Å². The highest BCUT2D eigenvalue weighted by Crippen LogP contribution is 2.54. The fraction of sp³-hybridized carbons (Fsp3) is 0.550. The number of fused-ring (bicyclic) bond motifs is 2. The topological polar surface area (TPSA) is 97.1 Å². The first kappa shape index (κ1) is 18.6. The first-order valence-electron chi connectivity index (χ1n) is 9.62. The van der Waals surface area contributed by atoms with Crippen molar-refractivity contribution in [3.8, 4) is 0 Å². The predicted molar refractivity (Wildman–Crippen MR) is 108 cm³/mol. The molecule has 28 heavy (non-hydrogen) atoms.